The number of likely N-dealkylation sites (N-methyl/N-ethyl adjacent to an activating group) is 1. The first kappa shape index (κ1) is 17.5. The Morgan fingerprint density at radius 2 is 2.04 bits per heavy atom. The first-order valence-electron chi connectivity index (χ1n) is 8.76. The van der Waals surface area contributed by atoms with Gasteiger partial charge in [0, 0.05) is 13.1 Å². The predicted octanol–water partition coefficient (Wildman–Crippen LogP) is 3.69. The van der Waals surface area contributed by atoms with Crippen LogP contribution in [0.1, 0.15) is 45.7 Å². The molecule has 126 valence electrons. The van der Waals surface area contributed by atoms with Crippen LogP contribution in [0.15, 0.2) is 24.4 Å². The number of imidazole rings is 1. The molecule has 2 heterocycles. The molecule has 1 N–H and O–H groups in total. The van der Waals surface area contributed by atoms with Crippen LogP contribution < -0.4 is 5.32 Å². The van der Waals surface area contributed by atoms with Gasteiger partial charge in [-0.3, -0.25) is 0 Å². The summed E-state index contributed by atoms with van der Waals surface area (Å²) in [5, 5.41) is 8.06. The summed E-state index contributed by atoms with van der Waals surface area (Å²) in [6.07, 6.45) is 9.74. The number of fused-ring (bicyclic) bond motifs is 1. The molecule has 2 aromatic heterocycles. The van der Waals surface area contributed by atoms with Gasteiger partial charge in [-0.05, 0) is 37.7 Å². The number of hydrogen-bond donors (Lipinski definition) is 1. The van der Waals surface area contributed by atoms with Crippen LogP contribution in [0.3, 0.4) is 0 Å². The van der Waals surface area contributed by atoms with Crippen molar-refractivity contribution < 1.29 is 0 Å². The molecule has 0 radical (unpaired) electrons. The van der Waals surface area contributed by atoms with Gasteiger partial charge in [-0.2, -0.15) is 0 Å². The second kappa shape index (κ2) is 9.30. The van der Waals surface area contributed by atoms with Crippen molar-refractivity contribution in [1.29, 1.82) is 0 Å². The van der Waals surface area contributed by atoms with Crippen molar-refractivity contribution in [2.75, 3.05) is 31.5 Å². The van der Waals surface area contributed by atoms with Crippen molar-refractivity contribution >= 4 is 17.5 Å². The molecule has 0 atom stereocenters. The van der Waals surface area contributed by atoms with Crippen molar-refractivity contribution in [2.45, 2.75) is 40.0 Å². The highest BCUT2D eigenvalue weighted by Gasteiger charge is 2.04. The summed E-state index contributed by atoms with van der Waals surface area (Å²) in [6, 6.07) is 4.01. The quantitative estimate of drug-likeness (QED) is 0.679. The molecule has 0 saturated heterocycles. The van der Waals surface area contributed by atoms with E-state index < -0.39 is 0 Å². The van der Waals surface area contributed by atoms with Gasteiger partial charge in [-0.1, -0.05) is 39.7 Å². The highest BCUT2D eigenvalue weighted by molar-refractivity contribution is 5.53. The molecule has 5 nitrogen and oxygen atoms in total. The lowest BCUT2D eigenvalue weighted by atomic mass is 10.2. The molecule has 0 amide bonds. The Morgan fingerprint density at radius 3 is 2.78 bits per heavy atom. The first-order valence-corrected chi connectivity index (χ1v) is 8.76. The predicted molar refractivity (Wildman–Crippen MR) is 97.8 cm³/mol. The molecule has 0 aliphatic carbocycles. The summed E-state index contributed by atoms with van der Waals surface area (Å²) in [4.78, 5) is 6.80. The van der Waals surface area contributed by atoms with Crippen LogP contribution in [0.2, 0.25) is 0 Å². The first-order chi connectivity index (χ1) is 11.3. The number of nitrogens with zero attached hydrogens (tertiary/aromatic N) is 4. The van der Waals surface area contributed by atoms with Crippen LogP contribution in [0.5, 0.6) is 0 Å². The molecular formula is C18H29N5. The molecule has 0 bridgehead atoms. The van der Waals surface area contributed by atoms with Gasteiger partial charge in [-0.15, -0.1) is 5.10 Å². The zero-order valence-electron chi connectivity index (χ0n) is 14.6. The minimum atomic E-state index is 0.884. The van der Waals surface area contributed by atoms with Crippen LogP contribution in [0, 0.1) is 0 Å². The third-order valence-corrected chi connectivity index (χ3v) is 4.03. The summed E-state index contributed by atoms with van der Waals surface area (Å²) < 4.78 is 1.90. The maximum atomic E-state index is 4.66. The van der Waals surface area contributed by atoms with Gasteiger partial charge in [0.05, 0.1) is 11.9 Å². The van der Waals surface area contributed by atoms with Gasteiger partial charge in [-0.25, -0.2) is 9.50 Å². The van der Waals surface area contributed by atoms with E-state index >= 15 is 0 Å². The molecule has 0 aliphatic rings. The molecule has 0 fully saturated rings. The van der Waals surface area contributed by atoms with E-state index in [9.17, 15) is 0 Å². The summed E-state index contributed by atoms with van der Waals surface area (Å²) >= 11 is 0. The maximum Gasteiger partial charge on any atom is 0.154 e. The van der Waals surface area contributed by atoms with E-state index in [-0.39, 0.29) is 0 Å². The fourth-order valence-electron chi connectivity index (χ4n) is 2.51. The molecule has 0 aromatic carbocycles. The molecular weight excluding hydrogens is 286 g/mol. The lowest BCUT2D eigenvalue weighted by molar-refractivity contribution is 0.316. The lowest BCUT2D eigenvalue weighted by Crippen LogP contribution is -2.28. The zero-order chi connectivity index (χ0) is 16.5. The normalized spacial score (nSPS) is 11.8. The van der Waals surface area contributed by atoms with Crippen molar-refractivity contribution in [3.8, 4) is 0 Å². The van der Waals surface area contributed by atoms with E-state index in [1.54, 1.807) is 0 Å². The van der Waals surface area contributed by atoms with Gasteiger partial charge in [0.2, 0.25) is 0 Å². The Kier molecular flexibility index (Phi) is 7.07. The molecule has 2 rings (SSSR count). The van der Waals surface area contributed by atoms with Crippen molar-refractivity contribution in [1.82, 2.24) is 19.5 Å². The Bertz CT molecular complexity index is 613. The van der Waals surface area contributed by atoms with Crippen molar-refractivity contribution in [2.24, 2.45) is 0 Å². The average molecular weight is 315 g/mol. The monoisotopic (exact) mass is 315 g/mol. The third-order valence-electron chi connectivity index (χ3n) is 4.03. The standard InChI is InChI=1S/C18H29N5/c1-4-7-8-9-10-16-15-20-18-12-11-17(21-23(16)18)19-13-14-22(5-2)6-3/h9-12,15H,4-8,13-14H2,1-3H3,(H,19,21). The summed E-state index contributed by atoms with van der Waals surface area (Å²) in [5.41, 5.74) is 1.91. The topological polar surface area (TPSA) is 45.5 Å². The van der Waals surface area contributed by atoms with Crippen LogP contribution in [0.25, 0.3) is 11.7 Å². The van der Waals surface area contributed by atoms with E-state index in [1.165, 1.54) is 12.8 Å². The molecule has 0 unspecified atom stereocenters. The van der Waals surface area contributed by atoms with Gasteiger partial charge < -0.3 is 10.2 Å². The largest absolute Gasteiger partial charge is 0.367 e. The number of unbranched alkanes of at least 4 members (excludes halogenated alkanes) is 2. The minimum absolute atomic E-state index is 0.884. The van der Waals surface area contributed by atoms with E-state index in [2.05, 4.69) is 53.2 Å². The average Bonchev–Trinajstić information content (AvgIpc) is 2.98. The smallest absolute Gasteiger partial charge is 0.154 e. The highest BCUT2D eigenvalue weighted by atomic mass is 15.3. The van der Waals surface area contributed by atoms with Crippen molar-refractivity contribution in [3.05, 3.63) is 30.1 Å². The third kappa shape index (κ3) is 5.06. The van der Waals surface area contributed by atoms with Crippen LogP contribution in [0.4, 0.5) is 5.82 Å². The number of allylic oxidation sites excluding steroid dienone is 1. The number of aromatic nitrogens is 3. The molecule has 2 aromatic rings. The maximum absolute atomic E-state index is 4.66. The van der Waals surface area contributed by atoms with Crippen molar-refractivity contribution in [3.63, 3.8) is 0 Å². The van der Waals surface area contributed by atoms with Crippen LogP contribution in [-0.2, 0) is 0 Å². The van der Waals surface area contributed by atoms with Gasteiger partial charge in [0.1, 0.15) is 5.82 Å². The molecule has 0 saturated carbocycles. The van der Waals surface area contributed by atoms with Gasteiger partial charge in [0.15, 0.2) is 5.65 Å². The number of anilines is 1. The van der Waals surface area contributed by atoms with Crippen LogP contribution >= 0.6 is 0 Å². The molecule has 0 spiro atoms. The summed E-state index contributed by atoms with van der Waals surface area (Å²) in [5.74, 6) is 0.894. The Labute approximate surface area is 139 Å². The number of hydrogen-bond acceptors (Lipinski definition) is 4. The minimum Gasteiger partial charge on any atom is -0.367 e. The van der Waals surface area contributed by atoms with E-state index in [1.807, 2.05) is 22.8 Å². The Balaban J connectivity index is 2.01. The van der Waals surface area contributed by atoms with E-state index in [4.69, 9.17) is 0 Å². The summed E-state index contributed by atoms with van der Waals surface area (Å²) in [7, 11) is 0. The number of nitrogens with one attached hydrogen (secondary N) is 1. The highest BCUT2D eigenvalue weighted by Crippen LogP contribution is 2.11. The fourth-order valence-corrected chi connectivity index (χ4v) is 2.51. The van der Waals surface area contributed by atoms with Gasteiger partial charge in [0.25, 0.3) is 0 Å². The zero-order valence-corrected chi connectivity index (χ0v) is 14.6. The number of rotatable bonds is 10. The SMILES string of the molecule is CCCCC=Cc1cnc2ccc(NCCN(CC)CC)nn12. The fraction of sp³-hybridized carbons (Fsp3) is 0.556. The van der Waals surface area contributed by atoms with Gasteiger partial charge >= 0.3 is 0 Å². The second-order valence-electron chi connectivity index (χ2n) is 5.67. The lowest BCUT2D eigenvalue weighted by Gasteiger charge is -2.18. The Hall–Kier alpha value is -1.88. The summed E-state index contributed by atoms with van der Waals surface area (Å²) in [6.45, 7) is 10.7. The van der Waals surface area contributed by atoms with E-state index in [0.717, 1.165) is 49.8 Å². The van der Waals surface area contributed by atoms with E-state index in [0.29, 0.717) is 0 Å². The second-order valence-corrected chi connectivity index (χ2v) is 5.67. The Morgan fingerprint density at radius 1 is 1.22 bits per heavy atom. The molecule has 0 aliphatic heterocycles. The molecule has 5 heteroatoms. The molecule has 23 heavy (non-hydrogen) atoms. The van der Waals surface area contributed by atoms with Crippen LogP contribution in [-0.4, -0.2) is 45.7 Å².